The van der Waals surface area contributed by atoms with Crippen molar-refractivity contribution >= 4 is 43.4 Å². The van der Waals surface area contributed by atoms with Crippen molar-refractivity contribution in [1.82, 2.24) is 9.88 Å². The third kappa shape index (κ3) is 4.66. The van der Waals surface area contributed by atoms with E-state index in [1.807, 2.05) is 4.72 Å². The number of nitrogens with two attached hydrogens (primary N) is 1. The molecule has 1 aliphatic heterocycles. The van der Waals surface area contributed by atoms with Crippen molar-refractivity contribution in [3.05, 3.63) is 48.3 Å². The van der Waals surface area contributed by atoms with Crippen LogP contribution in [0.5, 0.6) is 0 Å². The van der Waals surface area contributed by atoms with Gasteiger partial charge in [-0.15, -0.1) is 0 Å². The van der Waals surface area contributed by atoms with Crippen LogP contribution in [0.2, 0.25) is 0 Å². The summed E-state index contributed by atoms with van der Waals surface area (Å²) in [6.45, 7) is -0.638. The number of pyridine rings is 1. The molecule has 3 rings (SSSR count). The van der Waals surface area contributed by atoms with Gasteiger partial charge < -0.3 is 4.90 Å². The third-order valence-corrected chi connectivity index (χ3v) is 6.28. The molecule has 1 aliphatic rings. The van der Waals surface area contributed by atoms with Crippen LogP contribution in [0.25, 0.3) is 0 Å². The van der Waals surface area contributed by atoms with Gasteiger partial charge in [0.25, 0.3) is 26.0 Å². The highest BCUT2D eigenvalue weighted by Crippen LogP contribution is 2.32. The lowest BCUT2D eigenvalue weighted by Crippen LogP contribution is -2.33. The average Bonchev–Trinajstić information content (AvgIpc) is 2.94. The molecule has 1 saturated heterocycles. The number of carbonyl (C=O) groups is 2. The zero-order chi connectivity index (χ0) is 23.9. The van der Waals surface area contributed by atoms with Gasteiger partial charge in [0.2, 0.25) is 0 Å². The van der Waals surface area contributed by atoms with Gasteiger partial charge in [0, 0.05) is 6.20 Å². The molecular weight excluding hydrogens is 479 g/mol. The lowest BCUT2D eigenvalue weighted by molar-refractivity contribution is -0.116. The second-order valence-electron chi connectivity index (χ2n) is 6.49. The summed E-state index contributed by atoms with van der Waals surface area (Å²) in [6.07, 6.45) is 2.48. The third-order valence-electron chi connectivity index (χ3n) is 4.27. The first-order chi connectivity index (χ1) is 14.7. The smallest absolute Gasteiger partial charge is 0.310 e. The van der Waals surface area contributed by atoms with Crippen LogP contribution in [0.1, 0.15) is 5.56 Å². The van der Waals surface area contributed by atoms with Crippen molar-refractivity contribution in [3.63, 3.8) is 0 Å². The van der Waals surface area contributed by atoms with Crippen LogP contribution in [0.15, 0.2) is 47.6 Å². The number of nitrogens with one attached hydrogen (secondary N) is 1. The summed E-state index contributed by atoms with van der Waals surface area (Å²) in [5, 5.41) is 4.94. The second kappa shape index (κ2) is 8.03. The number of sulfone groups is 1. The van der Waals surface area contributed by atoms with E-state index >= 15 is 0 Å². The Morgan fingerprint density at radius 3 is 2.25 bits per heavy atom. The molecule has 172 valence electrons. The summed E-state index contributed by atoms with van der Waals surface area (Å²) in [6, 6.07) is 3.62. The molecule has 11 nitrogen and oxygen atoms in total. The normalized spacial score (nSPS) is 15.4. The zero-order valence-corrected chi connectivity index (χ0v) is 17.4. The van der Waals surface area contributed by atoms with E-state index in [0.717, 1.165) is 23.2 Å². The van der Waals surface area contributed by atoms with E-state index in [-0.39, 0.29) is 23.5 Å². The number of amides is 3. The molecule has 0 radical (unpaired) electrons. The number of halogens is 3. The molecule has 0 atom stereocenters. The van der Waals surface area contributed by atoms with Crippen LogP contribution in [0, 0.1) is 0 Å². The summed E-state index contributed by atoms with van der Waals surface area (Å²) < 4.78 is 85.5. The number of anilines is 2. The monoisotopic (exact) mass is 493 g/mol. The van der Waals surface area contributed by atoms with Gasteiger partial charge in [-0.05, 0) is 35.9 Å². The van der Waals surface area contributed by atoms with E-state index in [9.17, 15) is 39.6 Å². The molecule has 1 aromatic carbocycles. The number of imide groups is 1. The number of alkyl halides is 3. The summed E-state index contributed by atoms with van der Waals surface area (Å²) in [7, 11) is -9.72. The maximum atomic E-state index is 12.7. The average molecular weight is 493 g/mol. The number of carbonyl (C=O) groups excluding carboxylic acids is 2. The van der Waals surface area contributed by atoms with Gasteiger partial charge in [-0.1, -0.05) is 0 Å². The topological polar surface area (TPSA) is 160 Å². The summed E-state index contributed by atoms with van der Waals surface area (Å²) in [5.41, 5.74) is -5.39. The fraction of sp³-hybridized carbons (Fsp3) is 0.188. The van der Waals surface area contributed by atoms with E-state index in [1.54, 1.807) is 0 Å². The quantitative estimate of drug-likeness (QED) is 0.567. The van der Waals surface area contributed by atoms with Crippen molar-refractivity contribution < 1.29 is 39.6 Å². The Morgan fingerprint density at radius 1 is 1.06 bits per heavy atom. The van der Waals surface area contributed by atoms with E-state index in [2.05, 4.69) is 4.98 Å². The number of benzene rings is 1. The number of nitrogens with zero attached hydrogens (tertiary/aromatic N) is 3. The molecule has 32 heavy (non-hydrogen) atoms. The summed E-state index contributed by atoms with van der Waals surface area (Å²) in [4.78, 5) is 29.5. The maximum absolute atomic E-state index is 12.7. The van der Waals surface area contributed by atoms with Gasteiger partial charge in [0.1, 0.15) is 6.54 Å². The highest BCUT2D eigenvalue weighted by Gasteiger charge is 2.47. The number of rotatable bonds is 6. The number of hydrogen-bond donors (Lipinski definition) is 2. The highest BCUT2D eigenvalue weighted by atomic mass is 32.2. The van der Waals surface area contributed by atoms with E-state index in [1.165, 1.54) is 12.3 Å². The standard InChI is InChI=1S/C16H14F3N5O6S2/c17-16(18,19)31(27,28)12-3-1-11(2-4-12)24-14(25)9-23(15(24)26)8-10-5-6-21-7-13(10)22-32(20,29)30/h1-7,22H,8-9H2,(H2,20,29,30). The summed E-state index contributed by atoms with van der Waals surface area (Å²) >= 11 is 0. The van der Waals surface area contributed by atoms with E-state index in [0.29, 0.717) is 17.0 Å². The van der Waals surface area contributed by atoms with E-state index in [4.69, 9.17) is 5.14 Å². The van der Waals surface area contributed by atoms with E-state index < -0.39 is 48.9 Å². The second-order valence-corrected chi connectivity index (χ2v) is 9.73. The van der Waals surface area contributed by atoms with Crippen LogP contribution in [-0.2, 0) is 31.4 Å². The Morgan fingerprint density at radius 2 is 1.69 bits per heavy atom. The number of urea groups is 1. The zero-order valence-electron chi connectivity index (χ0n) is 15.8. The molecule has 1 fully saturated rings. The van der Waals surface area contributed by atoms with Crippen molar-refractivity contribution in [1.29, 1.82) is 0 Å². The molecule has 0 aliphatic carbocycles. The Bertz CT molecular complexity index is 1280. The predicted octanol–water partition coefficient (Wildman–Crippen LogP) is 0.959. The molecule has 0 spiro atoms. The van der Waals surface area contributed by atoms with Crippen LogP contribution < -0.4 is 14.8 Å². The van der Waals surface area contributed by atoms with Crippen molar-refractivity contribution in [3.8, 4) is 0 Å². The Kier molecular flexibility index (Phi) is 5.88. The molecule has 2 heterocycles. The van der Waals surface area contributed by atoms with Gasteiger partial charge >= 0.3 is 11.5 Å². The SMILES string of the molecule is NS(=O)(=O)Nc1cnccc1CN1CC(=O)N(c2ccc(S(=O)(=O)C(F)(F)F)cc2)C1=O. The molecule has 1 aromatic heterocycles. The highest BCUT2D eigenvalue weighted by molar-refractivity contribution is 7.92. The number of hydrogen-bond acceptors (Lipinski definition) is 7. The Hall–Kier alpha value is -3.24. The van der Waals surface area contributed by atoms with Gasteiger partial charge in [-0.3, -0.25) is 14.5 Å². The molecular formula is C16H14F3N5O6S2. The lowest BCUT2D eigenvalue weighted by Gasteiger charge is -2.19. The fourth-order valence-electron chi connectivity index (χ4n) is 2.85. The maximum Gasteiger partial charge on any atom is 0.501 e. The number of aromatic nitrogens is 1. The van der Waals surface area contributed by atoms with Crippen molar-refractivity contribution in [2.45, 2.75) is 16.9 Å². The molecule has 0 bridgehead atoms. The lowest BCUT2D eigenvalue weighted by atomic mass is 10.2. The molecule has 0 saturated carbocycles. The molecule has 16 heteroatoms. The fourth-order valence-corrected chi connectivity index (χ4v) is 4.10. The largest absolute Gasteiger partial charge is 0.501 e. The first-order valence-electron chi connectivity index (χ1n) is 8.47. The molecule has 0 unspecified atom stereocenters. The van der Waals surface area contributed by atoms with Crippen molar-refractivity contribution in [2.75, 3.05) is 16.2 Å². The first kappa shape index (κ1) is 23.4. The van der Waals surface area contributed by atoms with Gasteiger partial charge in [-0.2, -0.15) is 21.6 Å². The van der Waals surface area contributed by atoms with Gasteiger partial charge in [-0.25, -0.2) is 23.3 Å². The van der Waals surface area contributed by atoms with Crippen LogP contribution in [0.3, 0.4) is 0 Å². The predicted molar refractivity (Wildman–Crippen MR) is 104 cm³/mol. The molecule has 3 N–H and O–H groups in total. The first-order valence-corrected chi connectivity index (χ1v) is 11.5. The van der Waals surface area contributed by atoms with Crippen LogP contribution >= 0.6 is 0 Å². The summed E-state index contributed by atoms with van der Waals surface area (Å²) in [5.74, 6) is -0.726. The molecule has 3 amide bonds. The molecule has 2 aromatic rings. The minimum absolute atomic E-state index is 0.0181. The minimum Gasteiger partial charge on any atom is -0.310 e. The van der Waals surface area contributed by atoms with Crippen LogP contribution in [0.4, 0.5) is 29.3 Å². The Balaban J connectivity index is 1.84. The van der Waals surface area contributed by atoms with Gasteiger partial charge in [0.15, 0.2) is 0 Å². The van der Waals surface area contributed by atoms with Crippen LogP contribution in [-0.4, -0.2) is 50.7 Å². The minimum atomic E-state index is -5.59. The van der Waals surface area contributed by atoms with Crippen molar-refractivity contribution in [2.24, 2.45) is 5.14 Å². The Labute approximate surface area is 179 Å². The van der Waals surface area contributed by atoms with Gasteiger partial charge in [0.05, 0.1) is 29.0 Å².